The maximum Gasteiger partial charge on any atom is 0.266 e. The van der Waals surface area contributed by atoms with E-state index in [0.29, 0.717) is 28.1 Å². The first-order valence-corrected chi connectivity index (χ1v) is 13.0. The molecule has 3 heterocycles. The van der Waals surface area contributed by atoms with Crippen LogP contribution in [-0.4, -0.2) is 31.5 Å². The van der Waals surface area contributed by atoms with E-state index in [1.807, 2.05) is 77.6 Å². The molecule has 0 bridgehead atoms. The van der Waals surface area contributed by atoms with E-state index in [0.717, 1.165) is 41.1 Å². The number of carbonyl (C=O) groups excluding carboxylic acids is 1. The van der Waals surface area contributed by atoms with Crippen molar-refractivity contribution in [2.45, 2.75) is 26.3 Å². The van der Waals surface area contributed by atoms with Crippen LogP contribution in [0.5, 0.6) is 5.75 Å². The lowest BCUT2D eigenvalue weighted by Gasteiger charge is -2.11. The third-order valence-corrected chi connectivity index (χ3v) is 7.07. The van der Waals surface area contributed by atoms with Gasteiger partial charge in [-0.05, 0) is 48.9 Å². The van der Waals surface area contributed by atoms with E-state index in [9.17, 15) is 4.79 Å². The molecule has 1 aliphatic rings. The number of aromatic nitrogens is 2. The van der Waals surface area contributed by atoms with Gasteiger partial charge in [0.05, 0.1) is 30.0 Å². The lowest BCUT2D eigenvalue weighted by Crippen LogP contribution is -2.27. The Morgan fingerprint density at radius 1 is 1.11 bits per heavy atom. The standard InChI is InChI=1S/C28H25N3O3S2/c1-2-3-14-33-23-12-7-9-20(16-23)26-21(18-31(29-26)22-10-5-4-6-11-22)17-25-27(32)30(28(35)36-25)19-24-13-8-15-34-24/h4-13,15-18H,2-3,14,19H2,1H3. The Kier molecular flexibility index (Phi) is 7.34. The van der Waals surface area contributed by atoms with Crippen molar-refractivity contribution < 1.29 is 13.9 Å². The van der Waals surface area contributed by atoms with Gasteiger partial charge >= 0.3 is 0 Å². The predicted octanol–water partition coefficient (Wildman–Crippen LogP) is 6.71. The Hall–Kier alpha value is -3.62. The van der Waals surface area contributed by atoms with Crippen LogP contribution in [0.1, 0.15) is 31.1 Å². The summed E-state index contributed by atoms with van der Waals surface area (Å²) in [5, 5.41) is 4.89. The summed E-state index contributed by atoms with van der Waals surface area (Å²) in [6.07, 6.45) is 7.47. The van der Waals surface area contributed by atoms with Gasteiger partial charge in [-0.3, -0.25) is 9.69 Å². The summed E-state index contributed by atoms with van der Waals surface area (Å²) in [4.78, 5) is 15.3. The Bertz CT molecular complexity index is 1390. The fourth-order valence-electron chi connectivity index (χ4n) is 3.83. The molecule has 6 nitrogen and oxygen atoms in total. The van der Waals surface area contributed by atoms with Crippen molar-refractivity contribution in [3.8, 4) is 22.7 Å². The van der Waals surface area contributed by atoms with E-state index in [2.05, 4.69) is 6.92 Å². The molecular formula is C28H25N3O3S2. The molecule has 8 heteroatoms. The SMILES string of the molecule is CCCCOc1cccc(-c2nn(-c3ccccc3)cc2C=C2SC(=S)N(Cc3ccco3)C2=O)c1. The zero-order chi connectivity index (χ0) is 24.9. The third-order valence-electron chi connectivity index (χ3n) is 5.69. The van der Waals surface area contributed by atoms with Gasteiger partial charge in [-0.15, -0.1) is 0 Å². The molecule has 5 rings (SSSR count). The highest BCUT2D eigenvalue weighted by Crippen LogP contribution is 2.36. The quantitative estimate of drug-likeness (QED) is 0.140. The molecule has 0 radical (unpaired) electrons. The summed E-state index contributed by atoms with van der Waals surface area (Å²) in [5.74, 6) is 1.34. The van der Waals surface area contributed by atoms with Crippen molar-refractivity contribution in [3.05, 3.63) is 95.4 Å². The minimum absolute atomic E-state index is 0.142. The zero-order valence-electron chi connectivity index (χ0n) is 19.8. The highest BCUT2D eigenvalue weighted by molar-refractivity contribution is 8.26. The smallest absolute Gasteiger partial charge is 0.266 e. The molecule has 0 spiro atoms. The first-order chi connectivity index (χ1) is 17.6. The number of para-hydroxylation sites is 1. The lowest BCUT2D eigenvalue weighted by molar-refractivity contribution is -0.122. The number of benzene rings is 2. The Morgan fingerprint density at radius 3 is 2.75 bits per heavy atom. The van der Waals surface area contributed by atoms with Gasteiger partial charge in [-0.25, -0.2) is 4.68 Å². The van der Waals surface area contributed by atoms with Crippen molar-refractivity contribution in [2.75, 3.05) is 6.61 Å². The van der Waals surface area contributed by atoms with Crippen LogP contribution < -0.4 is 4.74 Å². The molecule has 1 saturated heterocycles. The maximum absolute atomic E-state index is 13.2. The molecular weight excluding hydrogens is 490 g/mol. The van der Waals surface area contributed by atoms with Crippen molar-refractivity contribution in [1.82, 2.24) is 14.7 Å². The van der Waals surface area contributed by atoms with Crippen LogP contribution in [-0.2, 0) is 11.3 Å². The monoisotopic (exact) mass is 515 g/mol. The van der Waals surface area contributed by atoms with Crippen LogP contribution in [0.15, 0.2) is 88.5 Å². The number of furan rings is 1. The van der Waals surface area contributed by atoms with Gasteiger partial charge in [0.2, 0.25) is 0 Å². The average molecular weight is 516 g/mol. The van der Waals surface area contributed by atoms with Gasteiger partial charge < -0.3 is 9.15 Å². The minimum Gasteiger partial charge on any atom is -0.494 e. The minimum atomic E-state index is -0.142. The van der Waals surface area contributed by atoms with Gasteiger partial charge in [-0.1, -0.05) is 67.7 Å². The number of hydrogen-bond donors (Lipinski definition) is 0. The predicted molar refractivity (Wildman–Crippen MR) is 147 cm³/mol. The molecule has 2 aromatic carbocycles. The average Bonchev–Trinajstić information content (AvgIpc) is 3.63. The zero-order valence-corrected chi connectivity index (χ0v) is 21.4. The Balaban J connectivity index is 1.51. The second-order valence-electron chi connectivity index (χ2n) is 8.29. The molecule has 1 fully saturated rings. The molecule has 2 aromatic heterocycles. The number of carbonyl (C=O) groups is 1. The van der Waals surface area contributed by atoms with Crippen LogP contribution in [0, 0.1) is 0 Å². The first-order valence-electron chi connectivity index (χ1n) is 11.8. The molecule has 0 N–H and O–H groups in total. The van der Waals surface area contributed by atoms with Crippen molar-refractivity contribution in [1.29, 1.82) is 0 Å². The van der Waals surface area contributed by atoms with E-state index in [-0.39, 0.29) is 5.91 Å². The van der Waals surface area contributed by atoms with Crippen molar-refractivity contribution in [2.24, 2.45) is 0 Å². The lowest BCUT2D eigenvalue weighted by atomic mass is 10.1. The largest absolute Gasteiger partial charge is 0.494 e. The molecule has 1 aliphatic heterocycles. The number of thiocarbonyl (C=S) groups is 1. The number of unbranched alkanes of at least 4 members (excludes halogenated alkanes) is 1. The molecule has 36 heavy (non-hydrogen) atoms. The van der Waals surface area contributed by atoms with E-state index in [1.54, 1.807) is 17.2 Å². The van der Waals surface area contributed by atoms with E-state index in [4.69, 9.17) is 26.5 Å². The third kappa shape index (κ3) is 5.29. The topological polar surface area (TPSA) is 60.5 Å². The van der Waals surface area contributed by atoms with E-state index < -0.39 is 0 Å². The molecule has 1 amide bonds. The van der Waals surface area contributed by atoms with Crippen LogP contribution >= 0.6 is 24.0 Å². The number of thioether (sulfide) groups is 1. The van der Waals surface area contributed by atoms with E-state index >= 15 is 0 Å². The molecule has 182 valence electrons. The number of rotatable bonds is 9. The van der Waals surface area contributed by atoms with Gasteiger partial charge in [0.1, 0.15) is 21.5 Å². The van der Waals surface area contributed by atoms with Crippen LogP contribution in [0.2, 0.25) is 0 Å². The Morgan fingerprint density at radius 2 is 1.97 bits per heavy atom. The number of hydrogen-bond acceptors (Lipinski definition) is 6. The van der Waals surface area contributed by atoms with E-state index in [1.165, 1.54) is 11.8 Å². The number of amides is 1. The second-order valence-corrected chi connectivity index (χ2v) is 9.97. The molecule has 0 atom stereocenters. The summed E-state index contributed by atoms with van der Waals surface area (Å²) in [6.45, 7) is 3.12. The molecule has 4 aromatic rings. The molecule has 0 aliphatic carbocycles. The number of ether oxygens (including phenoxy) is 1. The van der Waals surface area contributed by atoms with Crippen molar-refractivity contribution in [3.63, 3.8) is 0 Å². The van der Waals surface area contributed by atoms with Crippen LogP contribution in [0.3, 0.4) is 0 Å². The summed E-state index contributed by atoms with van der Waals surface area (Å²) < 4.78 is 13.7. The van der Waals surface area contributed by atoms with Crippen molar-refractivity contribution >= 4 is 40.3 Å². The molecule has 0 unspecified atom stereocenters. The fourth-order valence-corrected chi connectivity index (χ4v) is 5.08. The summed E-state index contributed by atoms with van der Waals surface area (Å²) in [7, 11) is 0. The summed E-state index contributed by atoms with van der Waals surface area (Å²) in [6, 6.07) is 21.4. The Labute approximate surface area is 219 Å². The van der Waals surface area contributed by atoms with Crippen LogP contribution in [0.25, 0.3) is 23.0 Å². The highest BCUT2D eigenvalue weighted by Gasteiger charge is 2.33. The normalized spacial score (nSPS) is 14.7. The fraction of sp³-hybridized carbons (Fsp3) is 0.179. The summed E-state index contributed by atoms with van der Waals surface area (Å²) >= 11 is 6.80. The van der Waals surface area contributed by atoms with Gasteiger partial charge in [-0.2, -0.15) is 5.10 Å². The number of nitrogens with zero attached hydrogens (tertiary/aromatic N) is 3. The first kappa shape index (κ1) is 24.1. The highest BCUT2D eigenvalue weighted by atomic mass is 32.2. The second kappa shape index (κ2) is 11.0. The van der Waals surface area contributed by atoms with Gasteiger partial charge in [0.25, 0.3) is 5.91 Å². The summed E-state index contributed by atoms with van der Waals surface area (Å²) in [5.41, 5.74) is 3.43. The van der Waals surface area contributed by atoms with Crippen LogP contribution in [0.4, 0.5) is 0 Å². The maximum atomic E-state index is 13.2. The van der Waals surface area contributed by atoms with Gasteiger partial charge in [0.15, 0.2) is 0 Å². The van der Waals surface area contributed by atoms with Gasteiger partial charge in [0, 0.05) is 17.3 Å². The molecule has 0 saturated carbocycles.